The number of methoxy groups -OCH3 is 1. The topological polar surface area (TPSA) is 66.9 Å². The molecule has 0 N–H and O–H groups in total. The third-order valence-electron chi connectivity index (χ3n) is 4.31. The standard InChI is InChI=1S/C15H24N2O4/c1-21-15(20)12-6-5-9-16(10-12)14(19)11-17-8-4-2-3-7-13(17)18/h12H,2-11H2,1H3. The van der Waals surface area contributed by atoms with E-state index in [-0.39, 0.29) is 30.2 Å². The van der Waals surface area contributed by atoms with Crippen molar-refractivity contribution in [1.29, 1.82) is 0 Å². The molecular weight excluding hydrogens is 272 g/mol. The van der Waals surface area contributed by atoms with E-state index < -0.39 is 0 Å². The molecule has 2 aliphatic rings. The quantitative estimate of drug-likeness (QED) is 0.723. The summed E-state index contributed by atoms with van der Waals surface area (Å²) in [5.41, 5.74) is 0. The molecule has 0 spiro atoms. The van der Waals surface area contributed by atoms with E-state index >= 15 is 0 Å². The van der Waals surface area contributed by atoms with Crippen LogP contribution in [0.4, 0.5) is 0 Å². The number of likely N-dealkylation sites (tertiary alicyclic amines) is 2. The minimum absolute atomic E-state index is 0.0566. The second kappa shape index (κ2) is 7.43. The number of rotatable bonds is 3. The van der Waals surface area contributed by atoms with Gasteiger partial charge in [0, 0.05) is 26.1 Å². The highest BCUT2D eigenvalue weighted by atomic mass is 16.5. The van der Waals surface area contributed by atoms with Crippen LogP contribution in [0.1, 0.15) is 38.5 Å². The van der Waals surface area contributed by atoms with Gasteiger partial charge in [-0.2, -0.15) is 0 Å². The molecule has 0 aromatic rings. The molecule has 2 saturated heterocycles. The van der Waals surface area contributed by atoms with Crippen LogP contribution in [0.25, 0.3) is 0 Å². The van der Waals surface area contributed by atoms with Crippen molar-refractivity contribution in [3.05, 3.63) is 0 Å². The Hall–Kier alpha value is -1.59. The molecule has 2 fully saturated rings. The predicted octanol–water partition coefficient (Wildman–Crippen LogP) is 0.801. The Balaban J connectivity index is 1.89. The van der Waals surface area contributed by atoms with Crippen molar-refractivity contribution in [2.75, 3.05) is 33.3 Å². The normalized spacial score (nSPS) is 23.7. The van der Waals surface area contributed by atoms with E-state index in [0.29, 0.717) is 26.1 Å². The molecule has 6 heteroatoms. The molecule has 118 valence electrons. The largest absolute Gasteiger partial charge is 0.469 e. The third kappa shape index (κ3) is 4.19. The first-order valence-electron chi connectivity index (χ1n) is 7.75. The van der Waals surface area contributed by atoms with Gasteiger partial charge in [0.1, 0.15) is 0 Å². The van der Waals surface area contributed by atoms with Crippen LogP contribution in [0.5, 0.6) is 0 Å². The van der Waals surface area contributed by atoms with Crippen LogP contribution in [-0.4, -0.2) is 60.9 Å². The smallest absolute Gasteiger partial charge is 0.310 e. The van der Waals surface area contributed by atoms with E-state index in [4.69, 9.17) is 4.74 Å². The first-order chi connectivity index (χ1) is 10.1. The number of hydrogen-bond donors (Lipinski definition) is 0. The van der Waals surface area contributed by atoms with Crippen molar-refractivity contribution in [3.8, 4) is 0 Å². The summed E-state index contributed by atoms with van der Waals surface area (Å²) in [6.45, 7) is 1.88. The molecular formula is C15H24N2O4. The third-order valence-corrected chi connectivity index (χ3v) is 4.31. The van der Waals surface area contributed by atoms with Crippen molar-refractivity contribution >= 4 is 17.8 Å². The summed E-state index contributed by atoms with van der Waals surface area (Å²) >= 11 is 0. The maximum Gasteiger partial charge on any atom is 0.310 e. The van der Waals surface area contributed by atoms with Gasteiger partial charge in [-0.05, 0) is 25.7 Å². The lowest BCUT2D eigenvalue weighted by atomic mass is 9.98. The molecule has 0 aromatic heterocycles. The maximum absolute atomic E-state index is 12.4. The number of carbonyl (C=O) groups excluding carboxylic acids is 3. The Labute approximate surface area is 125 Å². The fraction of sp³-hybridized carbons (Fsp3) is 0.800. The highest BCUT2D eigenvalue weighted by Gasteiger charge is 2.30. The zero-order chi connectivity index (χ0) is 15.2. The van der Waals surface area contributed by atoms with Crippen LogP contribution in [-0.2, 0) is 19.1 Å². The van der Waals surface area contributed by atoms with Gasteiger partial charge in [-0.3, -0.25) is 14.4 Å². The van der Waals surface area contributed by atoms with Gasteiger partial charge in [0.15, 0.2) is 0 Å². The van der Waals surface area contributed by atoms with Crippen LogP contribution in [0, 0.1) is 5.92 Å². The van der Waals surface area contributed by atoms with E-state index in [1.807, 2.05) is 0 Å². The van der Waals surface area contributed by atoms with Crippen molar-refractivity contribution in [2.24, 2.45) is 5.92 Å². The molecule has 2 amide bonds. The van der Waals surface area contributed by atoms with Crippen molar-refractivity contribution in [2.45, 2.75) is 38.5 Å². The number of amides is 2. The van der Waals surface area contributed by atoms with Crippen LogP contribution in [0.3, 0.4) is 0 Å². The predicted molar refractivity (Wildman–Crippen MR) is 76.4 cm³/mol. The highest BCUT2D eigenvalue weighted by molar-refractivity contribution is 5.85. The summed E-state index contributed by atoms with van der Waals surface area (Å²) in [6.07, 6.45) is 5.03. The Morgan fingerprint density at radius 2 is 2.00 bits per heavy atom. The van der Waals surface area contributed by atoms with Gasteiger partial charge in [0.05, 0.1) is 19.6 Å². The molecule has 2 heterocycles. The number of esters is 1. The molecule has 0 bridgehead atoms. The number of ether oxygens (including phenoxy) is 1. The zero-order valence-electron chi connectivity index (χ0n) is 12.7. The zero-order valence-corrected chi connectivity index (χ0v) is 12.7. The van der Waals surface area contributed by atoms with E-state index in [2.05, 4.69) is 0 Å². The van der Waals surface area contributed by atoms with Crippen molar-refractivity contribution < 1.29 is 19.1 Å². The van der Waals surface area contributed by atoms with Crippen molar-refractivity contribution in [3.63, 3.8) is 0 Å². The molecule has 21 heavy (non-hydrogen) atoms. The Kier molecular flexibility index (Phi) is 5.59. The van der Waals surface area contributed by atoms with Crippen LogP contribution >= 0.6 is 0 Å². The molecule has 2 aliphatic heterocycles. The number of carbonyl (C=O) groups is 3. The van der Waals surface area contributed by atoms with E-state index in [9.17, 15) is 14.4 Å². The summed E-state index contributed by atoms with van der Waals surface area (Å²) in [7, 11) is 1.37. The lowest BCUT2D eigenvalue weighted by Gasteiger charge is -2.33. The van der Waals surface area contributed by atoms with E-state index in [1.165, 1.54) is 7.11 Å². The van der Waals surface area contributed by atoms with E-state index in [0.717, 1.165) is 32.1 Å². The highest BCUT2D eigenvalue weighted by Crippen LogP contribution is 2.18. The maximum atomic E-state index is 12.4. The fourth-order valence-electron chi connectivity index (χ4n) is 3.03. The number of nitrogens with zero attached hydrogens (tertiary/aromatic N) is 2. The number of hydrogen-bond acceptors (Lipinski definition) is 4. The molecule has 1 atom stereocenters. The Morgan fingerprint density at radius 1 is 1.19 bits per heavy atom. The Bertz CT molecular complexity index is 410. The van der Waals surface area contributed by atoms with Gasteiger partial charge in [0.2, 0.25) is 11.8 Å². The first kappa shape index (κ1) is 15.8. The average molecular weight is 296 g/mol. The summed E-state index contributed by atoms with van der Waals surface area (Å²) in [5, 5.41) is 0. The summed E-state index contributed by atoms with van der Waals surface area (Å²) in [5.74, 6) is -0.466. The molecule has 1 unspecified atom stereocenters. The lowest BCUT2D eigenvalue weighted by molar-refractivity contribution is -0.150. The molecule has 0 aromatic carbocycles. The first-order valence-corrected chi connectivity index (χ1v) is 7.75. The molecule has 0 saturated carbocycles. The lowest BCUT2D eigenvalue weighted by Crippen LogP contribution is -2.47. The van der Waals surface area contributed by atoms with Gasteiger partial charge < -0.3 is 14.5 Å². The second-order valence-corrected chi connectivity index (χ2v) is 5.83. The Morgan fingerprint density at radius 3 is 2.76 bits per heavy atom. The van der Waals surface area contributed by atoms with Crippen LogP contribution in [0.2, 0.25) is 0 Å². The molecule has 2 rings (SSSR count). The summed E-state index contributed by atoms with van der Waals surface area (Å²) in [6, 6.07) is 0. The monoisotopic (exact) mass is 296 g/mol. The molecule has 0 aliphatic carbocycles. The van der Waals surface area contributed by atoms with Gasteiger partial charge >= 0.3 is 5.97 Å². The van der Waals surface area contributed by atoms with Gasteiger partial charge in [-0.1, -0.05) is 6.42 Å². The molecule has 6 nitrogen and oxygen atoms in total. The fourth-order valence-corrected chi connectivity index (χ4v) is 3.03. The average Bonchev–Trinajstić information content (AvgIpc) is 2.71. The minimum Gasteiger partial charge on any atom is -0.469 e. The van der Waals surface area contributed by atoms with Crippen LogP contribution in [0.15, 0.2) is 0 Å². The van der Waals surface area contributed by atoms with Gasteiger partial charge in [0.25, 0.3) is 0 Å². The second-order valence-electron chi connectivity index (χ2n) is 5.83. The van der Waals surface area contributed by atoms with Gasteiger partial charge in [-0.25, -0.2) is 0 Å². The summed E-state index contributed by atoms with van der Waals surface area (Å²) < 4.78 is 4.76. The SMILES string of the molecule is COC(=O)C1CCCN(C(=O)CN2CCCCCC2=O)C1. The summed E-state index contributed by atoms with van der Waals surface area (Å²) in [4.78, 5) is 39.3. The van der Waals surface area contributed by atoms with Crippen molar-refractivity contribution in [1.82, 2.24) is 9.80 Å². The van der Waals surface area contributed by atoms with E-state index in [1.54, 1.807) is 9.80 Å². The number of piperidine rings is 1. The van der Waals surface area contributed by atoms with Crippen LogP contribution < -0.4 is 0 Å². The minimum atomic E-state index is -0.252. The molecule has 0 radical (unpaired) electrons. The van der Waals surface area contributed by atoms with Gasteiger partial charge in [-0.15, -0.1) is 0 Å².